The van der Waals surface area contributed by atoms with Gasteiger partial charge in [0.05, 0.1) is 6.54 Å². The highest BCUT2D eigenvalue weighted by Crippen LogP contribution is 2.33. The van der Waals surface area contributed by atoms with Crippen molar-refractivity contribution in [3.8, 4) is 11.1 Å². The minimum atomic E-state index is 0.0549. The number of hydrogen-bond acceptors (Lipinski definition) is 2. The molecule has 0 aliphatic carbocycles. The third-order valence-electron chi connectivity index (χ3n) is 5.09. The molecule has 0 spiro atoms. The molecule has 2 aromatic heterocycles. The van der Waals surface area contributed by atoms with Gasteiger partial charge in [0.25, 0.3) is 5.91 Å². The molecule has 1 amide bonds. The summed E-state index contributed by atoms with van der Waals surface area (Å²) in [6, 6.07) is 18.3. The summed E-state index contributed by atoms with van der Waals surface area (Å²) >= 11 is 0. The summed E-state index contributed by atoms with van der Waals surface area (Å²) in [6.07, 6.45) is 5.61. The fraction of sp³-hybridized carbons (Fsp3) is 0.0909. The van der Waals surface area contributed by atoms with Crippen molar-refractivity contribution in [3.05, 3.63) is 84.3 Å². The van der Waals surface area contributed by atoms with Crippen LogP contribution in [-0.2, 0) is 13.6 Å². The zero-order valence-electron chi connectivity index (χ0n) is 14.4. The first-order valence-corrected chi connectivity index (χ1v) is 8.61. The Morgan fingerprint density at radius 3 is 2.77 bits per heavy atom. The molecule has 4 aromatic rings. The zero-order chi connectivity index (χ0) is 17.7. The van der Waals surface area contributed by atoms with E-state index in [0.717, 1.165) is 33.5 Å². The molecule has 2 aromatic carbocycles. The van der Waals surface area contributed by atoms with E-state index in [0.29, 0.717) is 6.54 Å². The van der Waals surface area contributed by atoms with Crippen molar-refractivity contribution in [2.75, 3.05) is 4.90 Å². The molecule has 0 radical (unpaired) electrons. The van der Waals surface area contributed by atoms with Crippen LogP contribution in [0.5, 0.6) is 0 Å². The lowest BCUT2D eigenvalue weighted by Crippen LogP contribution is -2.22. The molecule has 0 bridgehead atoms. The number of nitrogens with zero attached hydrogens (tertiary/aromatic N) is 3. The third-order valence-corrected chi connectivity index (χ3v) is 5.09. The first kappa shape index (κ1) is 14.9. The van der Waals surface area contributed by atoms with Crippen LogP contribution in [0.25, 0.3) is 22.0 Å². The van der Waals surface area contributed by atoms with E-state index in [4.69, 9.17) is 0 Å². The second-order valence-electron chi connectivity index (χ2n) is 6.67. The van der Waals surface area contributed by atoms with E-state index in [1.165, 1.54) is 5.39 Å². The molecule has 1 aliphatic heterocycles. The summed E-state index contributed by atoms with van der Waals surface area (Å²) in [6.45, 7) is 0.609. The van der Waals surface area contributed by atoms with Gasteiger partial charge >= 0.3 is 0 Å². The number of carbonyl (C=O) groups is 1. The number of pyridine rings is 1. The number of aryl methyl sites for hydroxylation is 1. The first-order chi connectivity index (χ1) is 12.7. The van der Waals surface area contributed by atoms with Gasteiger partial charge in [-0.1, -0.05) is 24.3 Å². The molecular weight excluding hydrogens is 322 g/mol. The quantitative estimate of drug-likeness (QED) is 0.543. The number of hydrogen-bond donors (Lipinski definition) is 0. The number of fused-ring (bicyclic) bond motifs is 2. The lowest BCUT2D eigenvalue weighted by molar-refractivity contribution is 0.0996. The maximum absolute atomic E-state index is 13.0. The number of anilines is 1. The van der Waals surface area contributed by atoms with Crippen molar-refractivity contribution in [2.24, 2.45) is 7.05 Å². The molecule has 0 fully saturated rings. The standard InChI is InChI=1S/C22H17N3O/c1-24-10-8-15-6-7-19(12-21(15)24)25-14-18-5-4-16(11-20(18)22(25)26)17-3-2-9-23-13-17/h2-13H,14H2,1H3. The number of amides is 1. The Balaban J connectivity index is 1.54. The predicted molar refractivity (Wildman–Crippen MR) is 103 cm³/mol. The van der Waals surface area contributed by atoms with Crippen molar-refractivity contribution in [1.82, 2.24) is 9.55 Å². The lowest BCUT2D eigenvalue weighted by atomic mass is 10.0. The molecule has 0 saturated heterocycles. The molecule has 26 heavy (non-hydrogen) atoms. The maximum atomic E-state index is 13.0. The molecule has 4 nitrogen and oxygen atoms in total. The molecule has 0 saturated carbocycles. The Bertz CT molecular complexity index is 1140. The molecule has 0 unspecified atom stereocenters. The van der Waals surface area contributed by atoms with E-state index in [-0.39, 0.29) is 5.91 Å². The summed E-state index contributed by atoms with van der Waals surface area (Å²) in [7, 11) is 2.02. The van der Waals surface area contributed by atoms with Gasteiger partial charge < -0.3 is 9.47 Å². The molecule has 0 atom stereocenters. The molecule has 3 heterocycles. The Kier molecular flexibility index (Phi) is 3.19. The molecule has 126 valence electrons. The van der Waals surface area contributed by atoms with Crippen molar-refractivity contribution >= 4 is 22.5 Å². The highest BCUT2D eigenvalue weighted by Gasteiger charge is 2.29. The molecule has 1 aliphatic rings. The topological polar surface area (TPSA) is 38.1 Å². The molecule has 5 rings (SSSR count). The van der Waals surface area contributed by atoms with E-state index < -0.39 is 0 Å². The lowest BCUT2D eigenvalue weighted by Gasteiger charge is -2.16. The van der Waals surface area contributed by atoms with Crippen LogP contribution in [0.4, 0.5) is 5.69 Å². The molecular formula is C22H17N3O. The summed E-state index contributed by atoms with van der Waals surface area (Å²) in [5.41, 5.74) is 5.94. The summed E-state index contributed by atoms with van der Waals surface area (Å²) in [5, 5.41) is 1.18. The van der Waals surface area contributed by atoms with Crippen molar-refractivity contribution in [2.45, 2.75) is 6.54 Å². The van der Waals surface area contributed by atoms with E-state index in [9.17, 15) is 4.79 Å². The maximum Gasteiger partial charge on any atom is 0.258 e. The Labute approximate surface area is 151 Å². The fourth-order valence-corrected chi connectivity index (χ4v) is 3.64. The minimum Gasteiger partial charge on any atom is -0.350 e. The van der Waals surface area contributed by atoms with Crippen LogP contribution in [0.3, 0.4) is 0 Å². The van der Waals surface area contributed by atoms with Crippen LogP contribution in [0.1, 0.15) is 15.9 Å². The third kappa shape index (κ3) is 2.23. The highest BCUT2D eigenvalue weighted by molar-refractivity contribution is 6.11. The minimum absolute atomic E-state index is 0.0549. The highest BCUT2D eigenvalue weighted by atomic mass is 16.2. The Morgan fingerprint density at radius 2 is 1.92 bits per heavy atom. The number of aromatic nitrogens is 2. The van der Waals surface area contributed by atoms with E-state index >= 15 is 0 Å². The summed E-state index contributed by atoms with van der Waals surface area (Å²) in [4.78, 5) is 19.1. The monoisotopic (exact) mass is 339 g/mol. The van der Waals surface area contributed by atoms with Crippen molar-refractivity contribution in [1.29, 1.82) is 0 Å². The van der Waals surface area contributed by atoms with Crippen LogP contribution >= 0.6 is 0 Å². The van der Waals surface area contributed by atoms with Crippen molar-refractivity contribution in [3.63, 3.8) is 0 Å². The second-order valence-corrected chi connectivity index (χ2v) is 6.67. The van der Waals surface area contributed by atoms with E-state index in [1.54, 1.807) is 6.20 Å². The average molecular weight is 339 g/mol. The van der Waals surface area contributed by atoms with Gasteiger partial charge in [-0.25, -0.2) is 0 Å². The second kappa shape index (κ2) is 5.56. The Hall–Kier alpha value is -3.40. The SMILES string of the molecule is Cn1ccc2ccc(N3Cc4ccc(-c5cccnc5)cc4C3=O)cc21. The summed E-state index contributed by atoms with van der Waals surface area (Å²) in [5.74, 6) is 0.0549. The van der Waals surface area contributed by atoms with Gasteiger partial charge in [-0.15, -0.1) is 0 Å². The number of rotatable bonds is 2. The van der Waals surface area contributed by atoms with Crippen LogP contribution < -0.4 is 4.90 Å². The smallest absolute Gasteiger partial charge is 0.258 e. The van der Waals surface area contributed by atoms with Gasteiger partial charge in [0.2, 0.25) is 0 Å². The Morgan fingerprint density at radius 1 is 1.00 bits per heavy atom. The van der Waals surface area contributed by atoms with Gasteiger partial charge in [0.15, 0.2) is 0 Å². The largest absolute Gasteiger partial charge is 0.350 e. The number of carbonyl (C=O) groups excluding carboxylic acids is 1. The van der Waals surface area contributed by atoms with E-state index in [2.05, 4.69) is 39.9 Å². The van der Waals surface area contributed by atoms with Gasteiger partial charge in [-0.05, 0) is 46.8 Å². The van der Waals surface area contributed by atoms with Crippen LogP contribution in [0.2, 0.25) is 0 Å². The van der Waals surface area contributed by atoms with Gasteiger partial charge in [0.1, 0.15) is 0 Å². The van der Waals surface area contributed by atoms with Crippen LogP contribution in [0, 0.1) is 0 Å². The van der Waals surface area contributed by atoms with Crippen LogP contribution in [0.15, 0.2) is 73.2 Å². The van der Waals surface area contributed by atoms with Gasteiger partial charge in [-0.2, -0.15) is 0 Å². The zero-order valence-corrected chi connectivity index (χ0v) is 14.4. The van der Waals surface area contributed by atoms with E-state index in [1.807, 2.05) is 48.6 Å². The fourth-order valence-electron chi connectivity index (χ4n) is 3.64. The van der Waals surface area contributed by atoms with Crippen molar-refractivity contribution < 1.29 is 4.79 Å². The number of benzene rings is 2. The van der Waals surface area contributed by atoms with Crippen LogP contribution in [-0.4, -0.2) is 15.5 Å². The molecule has 4 heteroatoms. The average Bonchev–Trinajstić information content (AvgIpc) is 3.22. The predicted octanol–water partition coefficient (Wildman–Crippen LogP) is 4.40. The normalized spacial score (nSPS) is 13.4. The van der Waals surface area contributed by atoms with Gasteiger partial charge in [-0.3, -0.25) is 9.78 Å². The molecule has 0 N–H and O–H groups in total. The van der Waals surface area contributed by atoms with Gasteiger partial charge in [0, 0.05) is 48.0 Å². The first-order valence-electron chi connectivity index (χ1n) is 8.61. The summed E-state index contributed by atoms with van der Waals surface area (Å²) < 4.78 is 2.08.